The lowest BCUT2D eigenvalue weighted by molar-refractivity contribution is -0.120. The number of para-hydroxylation sites is 1. The number of benzene rings is 2. The number of hydrogen-bond acceptors (Lipinski definition) is 5. The standard InChI is InChI=1S/C20H21F2N3O2S.ClH/c1-13-6-4-5-7-16(13)27-12-18(26)25(9-8-24(2)3)20-23-19-15(22)10-14(21)11-17(19)28-20;/h4-7,10-11H,8-9,12H2,1-3H3;1H. The molecule has 1 aromatic heterocycles. The van der Waals surface area contributed by atoms with Crippen LogP contribution in [0.4, 0.5) is 13.9 Å². The molecular weight excluding hydrogens is 420 g/mol. The van der Waals surface area contributed by atoms with Gasteiger partial charge in [0.1, 0.15) is 17.1 Å². The van der Waals surface area contributed by atoms with Crippen LogP contribution in [0.25, 0.3) is 10.2 Å². The highest BCUT2D eigenvalue weighted by Crippen LogP contribution is 2.31. The van der Waals surface area contributed by atoms with E-state index in [1.54, 1.807) is 6.07 Å². The van der Waals surface area contributed by atoms with Gasteiger partial charge in [0, 0.05) is 19.2 Å². The first kappa shape index (κ1) is 23.0. The number of hydrogen-bond donors (Lipinski definition) is 0. The van der Waals surface area contributed by atoms with Crippen molar-refractivity contribution in [3.05, 3.63) is 53.6 Å². The van der Waals surface area contributed by atoms with Crippen LogP contribution in [0.5, 0.6) is 5.75 Å². The van der Waals surface area contributed by atoms with Crippen LogP contribution >= 0.6 is 23.7 Å². The maximum absolute atomic E-state index is 14.0. The minimum absolute atomic E-state index is 0. The summed E-state index contributed by atoms with van der Waals surface area (Å²) in [5.74, 6) is -1.09. The van der Waals surface area contributed by atoms with Crippen LogP contribution in [-0.4, -0.2) is 49.6 Å². The number of ether oxygens (including phenoxy) is 1. The Bertz CT molecular complexity index is 997. The summed E-state index contributed by atoms with van der Waals surface area (Å²) in [6.07, 6.45) is 0. The van der Waals surface area contributed by atoms with Crippen LogP contribution in [0.15, 0.2) is 36.4 Å². The van der Waals surface area contributed by atoms with E-state index in [0.29, 0.717) is 28.7 Å². The van der Waals surface area contributed by atoms with Gasteiger partial charge in [0.15, 0.2) is 17.6 Å². The fraction of sp³-hybridized carbons (Fsp3) is 0.300. The van der Waals surface area contributed by atoms with Gasteiger partial charge in [0.05, 0.1) is 4.70 Å². The smallest absolute Gasteiger partial charge is 0.266 e. The highest BCUT2D eigenvalue weighted by Gasteiger charge is 2.22. The molecule has 0 radical (unpaired) electrons. The van der Waals surface area contributed by atoms with Gasteiger partial charge in [-0.05, 0) is 38.7 Å². The average molecular weight is 442 g/mol. The van der Waals surface area contributed by atoms with Gasteiger partial charge in [-0.25, -0.2) is 13.8 Å². The van der Waals surface area contributed by atoms with Crippen LogP contribution in [0.1, 0.15) is 5.56 Å². The lowest BCUT2D eigenvalue weighted by atomic mass is 10.2. The lowest BCUT2D eigenvalue weighted by Gasteiger charge is -2.22. The number of rotatable bonds is 7. The fourth-order valence-corrected chi connectivity index (χ4v) is 3.67. The first-order valence-electron chi connectivity index (χ1n) is 8.74. The predicted molar refractivity (Wildman–Crippen MR) is 114 cm³/mol. The van der Waals surface area contributed by atoms with Crippen LogP contribution in [0, 0.1) is 18.6 Å². The Kier molecular flexibility index (Phi) is 7.89. The minimum atomic E-state index is -0.742. The summed E-state index contributed by atoms with van der Waals surface area (Å²) < 4.78 is 33.5. The first-order valence-corrected chi connectivity index (χ1v) is 9.56. The highest BCUT2D eigenvalue weighted by molar-refractivity contribution is 7.22. The number of aryl methyl sites for hydroxylation is 1. The van der Waals surface area contributed by atoms with E-state index in [9.17, 15) is 13.6 Å². The monoisotopic (exact) mass is 441 g/mol. The van der Waals surface area contributed by atoms with Gasteiger partial charge < -0.3 is 9.64 Å². The van der Waals surface area contributed by atoms with Crippen molar-refractivity contribution in [3.63, 3.8) is 0 Å². The molecule has 0 aliphatic heterocycles. The minimum Gasteiger partial charge on any atom is -0.483 e. The van der Waals surface area contributed by atoms with E-state index in [1.807, 2.05) is 44.1 Å². The Morgan fingerprint density at radius 2 is 1.90 bits per heavy atom. The van der Waals surface area contributed by atoms with E-state index in [2.05, 4.69) is 4.98 Å². The topological polar surface area (TPSA) is 45.7 Å². The lowest BCUT2D eigenvalue weighted by Crippen LogP contribution is -2.39. The molecule has 1 amide bonds. The molecule has 2 aromatic carbocycles. The average Bonchev–Trinajstić information content (AvgIpc) is 3.05. The number of aromatic nitrogens is 1. The molecule has 0 atom stereocenters. The van der Waals surface area contributed by atoms with Gasteiger partial charge in [-0.3, -0.25) is 9.69 Å². The molecule has 5 nitrogen and oxygen atoms in total. The molecule has 3 rings (SSSR count). The largest absolute Gasteiger partial charge is 0.483 e. The second-order valence-electron chi connectivity index (χ2n) is 6.63. The van der Waals surface area contributed by atoms with Crippen molar-refractivity contribution in [2.45, 2.75) is 6.92 Å². The van der Waals surface area contributed by atoms with Crippen molar-refractivity contribution in [1.82, 2.24) is 9.88 Å². The van der Waals surface area contributed by atoms with Crippen LogP contribution < -0.4 is 9.64 Å². The number of carbonyl (C=O) groups excluding carboxylic acids is 1. The van der Waals surface area contributed by atoms with Crippen molar-refractivity contribution in [3.8, 4) is 5.75 Å². The van der Waals surface area contributed by atoms with Crippen molar-refractivity contribution in [2.24, 2.45) is 0 Å². The third kappa shape index (κ3) is 5.62. The Labute approximate surface area is 178 Å². The van der Waals surface area contributed by atoms with E-state index in [0.717, 1.165) is 23.0 Å². The zero-order valence-corrected chi connectivity index (χ0v) is 17.9. The molecule has 9 heteroatoms. The third-order valence-electron chi connectivity index (χ3n) is 4.15. The molecule has 0 unspecified atom stereocenters. The molecule has 0 bridgehead atoms. The second-order valence-corrected chi connectivity index (χ2v) is 7.64. The number of thiazole rings is 1. The molecule has 0 saturated carbocycles. The number of nitrogens with zero attached hydrogens (tertiary/aromatic N) is 3. The molecule has 156 valence electrons. The van der Waals surface area contributed by atoms with E-state index in [4.69, 9.17) is 4.74 Å². The zero-order valence-electron chi connectivity index (χ0n) is 16.3. The molecule has 0 spiro atoms. The molecule has 3 aromatic rings. The summed E-state index contributed by atoms with van der Waals surface area (Å²) in [6.45, 7) is 2.66. The summed E-state index contributed by atoms with van der Waals surface area (Å²) in [7, 11) is 3.78. The van der Waals surface area contributed by atoms with Crippen molar-refractivity contribution < 1.29 is 18.3 Å². The summed E-state index contributed by atoms with van der Waals surface area (Å²) >= 11 is 1.08. The van der Waals surface area contributed by atoms with E-state index >= 15 is 0 Å². The third-order valence-corrected chi connectivity index (χ3v) is 5.17. The fourth-order valence-electron chi connectivity index (χ4n) is 2.62. The number of anilines is 1. The molecular formula is C20H22ClF2N3O2S. The Morgan fingerprint density at radius 3 is 2.59 bits per heavy atom. The molecule has 0 saturated heterocycles. The molecule has 0 fully saturated rings. The van der Waals surface area contributed by atoms with Crippen molar-refractivity contribution in [1.29, 1.82) is 0 Å². The number of carbonyl (C=O) groups is 1. The SMILES string of the molecule is Cc1ccccc1OCC(=O)N(CCN(C)C)c1nc2c(F)cc(F)cc2s1.Cl. The van der Waals surface area contributed by atoms with Crippen molar-refractivity contribution >= 4 is 45.0 Å². The maximum Gasteiger partial charge on any atom is 0.266 e. The Hall–Kier alpha value is -2.29. The van der Waals surface area contributed by atoms with Crippen LogP contribution in [-0.2, 0) is 4.79 Å². The van der Waals surface area contributed by atoms with Crippen LogP contribution in [0.2, 0.25) is 0 Å². The molecule has 0 aliphatic rings. The first-order chi connectivity index (χ1) is 13.3. The Balaban J connectivity index is 0.00000300. The van der Waals surface area contributed by atoms with Gasteiger partial charge >= 0.3 is 0 Å². The summed E-state index contributed by atoms with van der Waals surface area (Å²) in [6, 6.07) is 9.43. The zero-order chi connectivity index (χ0) is 20.3. The van der Waals surface area contributed by atoms with Crippen LogP contribution in [0.3, 0.4) is 0 Å². The van der Waals surface area contributed by atoms with Crippen molar-refractivity contribution in [2.75, 3.05) is 38.7 Å². The maximum atomic E-state index is 14.0. The van der Waals surface area contributed by atoms with E-state index in [-0.39, 0.29) is 30.4 Å². The van der Waals surface area contributed by atoms with E-state index < -0.39 is 11.6 Å². The molecule has 29 heavy (non-hydrogen) atoms. The number of amides is 1. The van der Waals surface area contributed by atoms with Gasteiger partial charge in [-0.15, -0.1) is 12.4 Å². The van der Waals surface area contributed by atoms with E-state index in [1.165, 1.54) is 11.0 Å². The summed E-state index contributed by atoms with van der Waals surface area (Å²) in [5.41, 5.74) is 0.983. The van der Waals surface area contributed by atoms with Gasteiger partial charge in [0.25, 0.3) is 5.91 Å². The molecule has 0 aliphatic carbocycles. The summed E-state index contributed by atoms with van der Waals surface area (Å²) in [4.78, 5) is 20.5. The highest BCUT2D eigenvalue weighted by atomic mass is 35.5. The number of likely N-dealkylation sites (N-methyl/N-ethyl adjacent to an activating group) is 1. The van der Waals surface area contributed by atoms with Gasteiger partial charge in [-0.1, -0.05) is 29.5 Å². The second kappa shape index (κ2) is 9.96. The quantitative estimate of drug-likeness (QED) is 0.549. The normalized spacial score (nSPS) is 10.8. The molecule has 0 N–H and O–H groups in total. The number of halogens is 3. The predicted octanol–water partition coefficient (Wildman–Crippen LogP) is 4.28. The molecule has 1 heterocycles. The van der Waals surface area contributed by atoms with Gasteiger partial charge in [0.2, 0.25) is 0 Å². The summed E-state index contributed by atoms with van der Waals surface area (Å²) in [5, 5.41) is 0.319. The van der Waals surface area contributed by atoms with Gasteiger partial charge in [-0.2, -0.15) is 0 Å². The Morgan fingerprint density at radius 1 is 1.17 bits per heavy atom. The number of fused-ring (bicyclic) bond motifs is 1.